The zero-order valence-corrected chi connectivity index (χ0v) is 19.2. The standard InChI is InChI=1S/C13H12BrNO3.C10H7BrO/c14-10-2-3-11-9(7-10)1-4-12(16)15(11)8-13-17-5-6-18-13;11-9-3-1-8-6-10(12)4-2-7(8)5-9/h1-4,7,13H,5-6,8H2;1-5H,6H2. The molecular weight excluding hydrogens is 514 g/mol. The number of benzene rings is 2. The Morgan fingerprint density at radius 1 is 0.900 bits per heavy atom. The monoisotopic (exact) mass is 531 g/mol. The van der Waals surface area contributed by atoms with E-state index < -0.39 is 0 Å². The van der Waals surface area contributed by atoms with E-state index in [0.717, 1.165) is 31.0 Å². The summed E-state index contributed by atoms with van der Waals surface area (Å²) in [4.78, 5) is 23.0. The van der Waals surface area contributed by atoms with Gasteiger partial charge in [0.2, 0.25) is 0 Å². The van der Waals surface area contributed by atoms with Crippen molar-refractivity contribution in [3.05, 3.63) is 85.0 Å². The summed E-state index contributed by atoms with van der Waals surface area (Å²) in [6.07, 6.45) is 3.72. The molecule has 2 aromatic carbocycles. The third kappa shape index (κ3) is 4.98. The molecule has 0 N–H and O–H groups in total. The first kappa shape index (κ1) is 21.2. The molecule has 1 fully saturated rings. The second-order valence-corrected chi connectivity index (χ2v) is 8.81. The SMILES string of the molecule is O=C1C=Cc2cc(Br)ccc2C1.O=c1ccc2cc(Br)ccc2n1CC1OCCO1. The van der Waals surface area contributed by atoms with Crippen molar-refractivity contribution in [3.8, 4) is 0 Å². The molecule has 1 aliphatic heterocycles. The first-order valence-corrected chi connectivity index (χ1v) is 11.1. The molecule has 1 aliphatic carbocycles. The Morgan fingerprint density at radius 3 is 2.43 bits per heavy atom. The third-order valence-corrected chi connectivity index (χ3v) is 5.88. The number of aromatic nitrogens is 1. The molecule has 30 heavy (non-hydrogen) atoms. The zero-order chi connectivity index (χ0) is 21.1. The number of ether oxygens (including phenoxy) is 2. The van der Waals surface area contributed by atoms with Crippen LogP contribution in [0.2, 0.25) is 0 Å². The van der Waals surface area contributed by atoms with Gasteiger partial charge in [0.15, 0.2) is 12.1 Å². The number of hydrogen-bond acceptors (Lipinski definition) is 4. The molecule has 2 heterocycles. The average molecular weight is 533 g/mol. The van der Waals surface area contributed by atoms with Crippen LogP contribution in [-0.4, -0.2) is 29.9 Å². The second-order valence-electron chi connectivity index (χ2n) is 6.98. The molecule has 5 nitrogen and oxygen atoms in total. The van der Waals surface area contributed by atoms with Gasteiger partial charge in [0.1, 0.15) is 0 Å². The highest BCUT2D eigenvalue weighted by atomic mass is 79.9. The number of hydrogen-bond donors (Lipinski definition) is 0. The number of rotatable bonds is 2. The first-order chi connectivity index (χ1) is 14.5. The van der Waals surface area contributed by atoms with Crippen LogP contribution < -0.4 is 5.56 Å². The fourth-order valence-electron chi connectivity index (χ4n) is 3.44. The van der Waals surface area contributed by atoms with Crippen molar-refractivity contribution < 1.29 is 14.3 Å². The molecule has 2 aliphatic rings. The zero-order valence-electron chi connectivity index (χ0n) is 16.0. The fourth-order valence-corrected chi connectivity index (χ4v) is 4.19. The highest BCUT2D eigenvalue weighted by Crippen LogP contribution is 2.22. The fraction of sp³-hybridized carbons (Fsp3) is 0.217. The van der Waals surface area contributed by atoms with Gasteiger partial charge in [-0.05, 0) is 59.0 Å². The Bertz CT molecular complexity index is 1180. The van der Waals surface area contributed by atoms with Gasteiger partial charge < -0.3 is 14.0 Å². The topological polar surface area (TPSA) is 57.5 Å². The molecule has 0 saturated carbocycles. The van der Waals surface area contributed by atoms with E-state index in [1.807, 2.05) is 48.5 Å². The summed E-state index contributed by atoms with van der Waals surface area (Å²) in [6, 6.07) is 15.2. The Labute approximate surface area is 190 Å². The van der Waals surface area contributed by atoms with Gasteiger partial charge in [0.25, 0.3) is 5.56 Å². The lowest BCUT2D eigenvalue weighted by molar-refractivity contribution is -0.114. The molecule has 0 atom stereocenters. The summed E-state index contributed by atoms with van der Waals surface area (Å²) in [5, 5.41) is 1.02. The van der Waals surface area contributed by atoms with Crippen molar-refractivity contribution in [3.63, 3.8) is 0 Å². The Balaban J connectivity index is 0.000000158. The number of pyridine rings is 1. The number of allylic oxidation sites excluding steroid dienone is 1. The maximum absolute atomic E-state index is 11.9. The minimum absolute atomic E-state index is 0.0380. The van der Waals surface area contributed by atoms with Gasteiger partial charge in [-0.3, -0.25) is 9.59 Å². The normalized spacial score (nSPS) is 15.7. The van der Waals surface area contributed by atoms with Crippen molar-refractivity contribution in [2.75, 3.05) is 13.2 Å². The van der Waals surface area contributed by atoms with Gasteiger partial charge in [-0.15, -0.1) is 0 Å². The lowest BCUT2D eigenvalue weighted by Gasteiger charge is -2.14. The molecule has 1 saturated heterocycles. The van der Waals surface area contributed by atoms with E-state index in [1.54, 1.807) is 16.7 Å². The number of carbonyl (C=O) groups excluding carboxylic acids is 1. The maximum atomic E-state index is 11.9. The molecule has 154 valence electrons. The van der Waals surface area contributed by atoms with Crippen LogP contribution in [0, 0.1) is 0 Å². The Hall–Kier alpha value is -2.06. The molecule has 3 aromatic rings. The largest absolute Gasteiger partial charge is 0.348 e. The van der Waals surface area contributed by atoms with E-state index >= 15 is 0 Å². The van der Waals surface area contributed by atoms with E-state index in [2.05, 4.69) is 31.9 Å². The summed E-state index contributed by atoms with van der Waals surface area (Å²) in [7, 11) is 0. The lowest BCUT2D eigenvalue weighted by atomic mass is 9.97. The third-order valence-electron chi connectivity index (χ3n) is 4.90. The van der Waals surface area contributed by atoms with Gasteiger partial charge in [0.05, 0.1) is 25.3 Å². The van der Waals surface area contributed by atoms with E-state index in [-0.39, 0.29) is 17.6 Å². The van der Waals surface area contributed by atoms with Crippen molar-refractivity contribution in [2.45, 2.75) is 19.3 Å². The molecule has 0 unspecified atom stereocenters. The van der Waals surface area contributed by atoms with Crippen molar-refractivity contribution in [1.82, 2.24) is 4.57 Å². The molecule has 1 aromatic heterocycles. The van der Waals surface area contributed by atoms with Crippen LogP contribution in [0.5, 0.6) is 0 Å². The molecule has 5 rings (SSSR count). The molecule has 7 heteroatoms. The van der Waals surface area contributed by atoms with Crippen molar-refractivity contribution >= 4 is 54.6 Å². The van der Waals surface area contributed by atoms with Crippen molar-refractivity contribution in [1.29, 1.82) is 0 Å². The summed E-state index contributed by atoms with van der Waals surface area (Å²) >= 11 is 6.81. The van der Waals surface area contributed by atoms with Crippen LogP contribution in [0.4, 0.5) is 0 Å². The summed E-state index contributed by atoms with van der Waals surface area (Å²) < 4.78 is 14.5. The minimum Gasteiger partial charge on any atom is -0.348 e. The molecular formula is C23H19Br2NO4. The predicted octanol–water partition coefficient (Wildman–Crippen LogP) is 4.72. The Morgan fingerprint density at radius 2 is 1.63 bits per heavy atom. The van der Waals surface area contributed by atoms with Crippen LogP contribution in [0.1, 0.15) is 11.1 Å². The highest BCUT2D eigenvalue weighted by molar-refractivity contribution is 9.10. The molecule has 0 radical (unpaired) electrons. The molecule has 0 spiro atoms. The Kier molecular flexibility index (Phi) is 6.63. The van der Waals surface area contributed by atoms with E-state index in [4.69, 9.17) is 9.47 Å². The van der Waals surface area contributed by atoms with Crippen LogP contribution in [0.3, 0.4) is 0 Å². The van der Waals surface area contributed by atoms with Gasteiger partial charge >= 0.3 is 0 Å². The van der Waals surface area contributed by atoms with E-state index in [9.17, 15) is 9.59 Å². The molecule has 0 bridgehead atoms. The smallest absolute Gasteiger partial charge is 0.251 e. The number of carbonyl (C=O) groups is 1. The number of halogens is 2. The van der Waals surface area contributed by atoms with Crippen LogP contribution in [0.25, 0.3) is 17.0 Å². The van der Waals surface area contributed by atoms with Gasteiger partial charge in [-0.2, -0.15) is 0 Å². The van der Waals surface area contributed by atoms with E-state index in [0.29, 0.717) is 26.2 Å². The summed E-state index contributed by atoms with van der Waals surface area (Å²) in [5.74, 6) is 0.185. The minimum atomic E-state index is -0.322. The molecule has 0 amide bonds. The van der Waals surface area contributed by atoms with Crippen molar-refractivity contribution in [2.24, 2.45) is 0 Å². The van der Waals surface area contributed by atoms with Crippen LogP contribution >= 0.6 is 31.9 Å². The van der Waals surface area contributed by atoms with Gasteiger partial charge in [-0.1, -0.05) is 44.0 Å². The quantitative estimate of drug-likeness (QED) is 0.479. The lowest BCUT2D eigenvalue weighted by Crippen LogP contribution is -2.26. The van der Waals surface area contributed by atoms with Gasteiger partial charge in [0, 0.05) is 21.4 Å². The average Bonchev–Trinajstić information content (AvgIpc) is 3.24. The predicted molar refractivity (Wildman–Crippen MR) is 123 cm³/mol. The number of fused-ring (bicyclic) bond motifs is 2. The van der Waals surface area contributed by atoms with Crippen LogP contribution in [0.15, 0.2) is 68.3 Å². The maximum Gasteiger partial charge on any atom is 0.251 e. The van der Waals surface area contributed by atoms with Gasteiger partial charge in [-0.25, -0.2) is 0 Å². The number of nitrogens with zero attached hydrogens (tertiary/aromatic N) is 1. The summed E-state index contributed by atoms with van der Waals surface area (Å²) in [6.45, 7) is 1.61. The first-order valence-electron chi connectivity index (χ1n) is 9.51. The highest BCUT2D eigenvalue weighted by Gasteiger charge is 2.18. The van der Waals surface area contributed by atoms with Crippen LogP contribution in [-0.2, 0) is 27.2 Å². The number of ketones is 1. The summed E-state index contributed by atoms with van der Waals surface area (Å²) in [5.41, 5.74) is 3.11. The second kappa shape index (κ2) is 9.39. The van der Waals surface area contributed by atoms with E-state index in [1.165, 1.54) is 0 Å².